The second kappa shape index (κ2) is 6.49. The van der Waals surface area contributed by atoms with Crippen LogP contribution >= 0.6 is 0 Å². The lowest BCUT2D eigenvalue weighted by atomic mass is 9.96. The van der Waals surface area contributed by atoms with E-state index < -0.39 is 0 Å². The molecule has 0 bridgehead atoms. The number of hydrogen-bond acceptors (Lipinski definition) is 3. The van der Waals surface area contributed by atoms with Crippen LogP contribution in [0.1, 0.15) is 45.6 Å². The van der Waals surface area contributed by atoms with Crippen molar-refractivity contribution in [3.05, 3.63) is 23.8 Å². The van der Waals surface area contributed by atoms with Crippen molar-refractivity contribution in [3.8, 4) is 5.75 Å². The molecule has 0 spiro atoms. The predicted molar refractivity (Wildman–Crippen MR) is 85.8 cm³/mol. The van der Waals surface area contributed by atoms with Crippen molar-refractivity contribution >= 4 is 5.69 Å². The number of nitrogens with one attached hydrogen (secondary N) is 1. The van der Waals surface area contributed by atoms with E-state index in [1.807, 2.05) is 0 Å². The lowest BCUT2D eigenvalue weighted by molar-refractivity contribution is 0.169. The van der Waals surface area contributed by atoms with E-state index >= 15 is 0 Å². The molecule has 20 heavy (non-hydrogen) atoms. The minimum absolute atomic E-state index is 0.557. The third kappa shape index (κ3) is 3.09. The highest BCUT2D eigenvalue weighted by molar-refractivity contribution is 5.63. The normalized spacial score (nSPS) is 17.7. The maximum atomic E-state index is 5.54. The average molecular weight is 276 g/mol. The molecule has 0 amide bonds. The first-order chi connectivity index (χ1) is 9.54. The fourth-order valence-electron chi connectivity index (χ4n) is 3.30. The summed E-state index contributed by atoms with van der Waals surface area (Å²) in [6, 6.07) is 7.48. The molecule has 1 aromatic carbocycles. The van der Waals surface area contributed by atoms with Crippen LogP contribution in [-0.2, 0) is 0 Å². The van der Waals surface area contributed by atoms with Crippen LogP contribution in [0.3, 0.4) is 0 Å². The Bertz CT molecular complexity index is 435. The highest BCUT2D eigenvalue weighted by Gasteiger charge is 2.26. The summed E-state index contributed by atoms with van der Waals surface area (Å²) < 4.78 is 5.54. The van der Waals surface area contributed by atoms with Crippen LogP contribution in [0, 0.1) is 0 Å². The molecular formula is C17H28N2O. The average Bonchev–Trinajstić information content (AvgIpc) is 2.81. The largest absolute Gasteiger partial charge is 0.496 e. The zero-order valence-electron chi connectivity index (χ0n) is 13.4. The number of hydrogen-bond donors (Lipinski definition) is 1. The standard InChI is InChI=1S/C17H28N2O/c1-12(2)19(13(3)4)10-9-14-11-18-15-7-6-8-16(20-5)17(14)15/h6-8,12-14,18H,9-11H2,1-5H3/t14-/m1/s1. The molecule has 0 saturated heterocycles. The fourth-order valence-corrected chi connectivity index (χ4v) is 3.30. The third-order valence-corrected chi connectivity index (χ3v) is 4.30. The number of benzene rings is 1. The molecule has 0 saturated carbocycles. The van der Waals surface area contributed by atoms with Crippen molar-refractivity contribution in [1.82, 2.24) is 4.90 Å². The molecule has 1 aliphatic heterocycles. The molecule has 1 aliphatic rings. The zero-order valence-corrected chi connectivity index (χ0v) is 13.4. The van der Waals surface area contributed by atoms with E-state index in [0.29, 0.717) is 18.0 Å². The first-order valence-electron chi connectivity index (χ1n) is 7.71. The Labute approximate surface area is 123 Å². The van der Waals surface area contributed by atoms with Crippen molar-refractivity contribution in [2.45, 2.75) is 52.1 Å². The van der Waals surface area contributed by atoms with E-state index in [-0.39, 0.29) is 0 Å². The number of anilines is 1. The predicted octanol–water partition coefficient (Wildman–Crippen LogP) is 3.71. The van der Waals surface area contributed by atoms with Crippen LogP contribution in [0.2, 0.25) is 0 Å². The van der Waals surface area contributed by atoms with Crippen LogP contribution in [0.5, 0.6) is 5.75 Å². The summed E-state index contributed by atoms with van der Waals surface area (Å²) >= 11 is 0. The summed E-state index contributed by atoms with van der Waals surface area (Å²) in [4.78, 5) is 2.56. The van der Waals surface area contributed by atoms with Gasteiger partial charge in [-0.3, -0.25) is 4.90 Å². The van der Waals surface area contributed by atoms with Crippen molar-refractivity contribution < 1.29 is 4.74 Å². The van der Waals surface area contributed by atoms with Gasteiger partial charge in [0, 0.05) is 35.8 Å². The van der Waals surface area contributed by atoms with Crippen LogP contribution in [0.4, 0.5) is 5.69 Å². The Morgan fingerprint density at radius 1 is 1.25 bits per heavy atom. The molecule has 0 radical (unpaired) electrons. The Kier molecular flexibility index (Phi) is 4.92. The van der Waals surface area contributed by atoms with Gasteiger partial charge in [0.15, 0.2) is 0 Å². The van der Waals surface area contributed by atoms with Crippen molar-refractivity contribution in [2.75, 3.05) is 25.5 Å². The maximum Gasteiger partial charge on any atom is 0.124 e. The van der Waals surface area contributed by atoms with E-state index in [2.05, 4.69) is 56.1 Å². The number of nitrogens with zero attached hydrogens (tertiary/aromatic N) is 1. The summed E-state index contributed by atoms with van der Waals surface area (Å²) in [5, 5.41) is 3.51. The van der Waals surface area contributed by atoms with Gasteiger partial charge in [-0.25, -0.2) is 0 Å². The summed E-state index contributed by atoms with van der Waals surface area (Å²) in [6.45, 7) is 11.3. The molecule has 3 heteroatoms. The first kappa shape index (κ1) is 15.2. The highest BCUT2D eigenvalue weighted by atomic mass is 16.5. The third-order valence-electron chi connectivity index (χ3n) is 4.30. The van der Waals surface area contributed by atoms with Gasteiger partial charge in [0.25, 0.3) is 0 Å². The molecule has 0 fully saturated rings. The molecule has 1 heterocycles. The van der Waals surface area contributed by atoms with Gasteiger partial charge in [-0.2, -0.15) is 0 Å². The smallest absolute Gasteiger partial charge is 0.124 e. The topological polar surface area (TPSA) is 24.5 Å². The molecule has 0 unspecified atom stereocenters. The number of methoxy groups -OCH3 is 1. The van der Waals surface area contributed by atoms with Gasteiger partial charge in [0.05, 0.1) is 7.11 Å². The lowest BCUT2D eigenvalue weighted by Crippen LogP contribution is -2.38. The summed E-state index contributed by atoms with van der Waals surface area (Å²) in [5.41, 5.74) is 2.61. The fraction of sp³-hybridized carbons (Fsp3) is 0.647. The zero-order chi connectivity index (χ0) is 14.7. The summed E-state index contributed by atoms with van der Waals surface area (Å²) in [6.07, 6.45) is 1.18. The van der Waals surface area contributed by atoms with Crippen LogP contribution in [0.15, 0.2) is 18.2 Å². The van der Waals surface area contributed by atoms with Crippen LogP contribution in [0.25, 0.3) is 0 Å². The van der Waals surface area contributed by atoms with Gasteiger partial charge in [-0.05, 0) is 52.8 Å². The van der Waals surface area contributed by atoms with Crippen molar-refractivity contribution in [3.63, 3.8) is 0 Å². The molecule has 1 N–H and O–H groups in total. The van der Waals surface area contributed by atoms with Gasteiger partial charge in [0.2, 0.25) is 0 Å². The lowest BCUT2D eigenvalue weighted by Gasteiger charge is -2.31. The maximum absolute atomic E-state index is 5.54. The molecule has 112 valence electrons. The van der Waals surface area contributed by atoms with E-state index in [9.17, 15) is 0 Å². The van der Waals surface area contributed by atoms with Gasteiger partial charge in [0.1, 0.15) is 5.75 Å². The molecule has 0 aliphatic carbocycles. The van der Waals surface area contributed by atoms with E-state index in [4.69, 9.17) is 4.74 Å². The molecular weight excluding hydrogens is 248 g/mol. The molecule has 1 aromatic rings. The number of rotatable bonds is 6. The van der Waals surface area contributed by atoms with E-state index in [0.717, 1.165) is 18.8 Å². The molecule has 0 aromatic heterocycles. The molecule has 2 rings (SSSR count). The summed E-state index contributed by atoms with van der Waals surface area (Å²) in [5.74, 6) is 1.58. The second-order valence-electron chi connectivity index (χ2n) is 6.21. The monoisotopic (exact) mass is 276 g/mol. The van der Waals surface area contributed by atoms with Gasteiger partial charge < -0.3 is 10.1 Å². The van der Waals surface area contributed by atoms with Crippen LogP contribution in [-0.4, -0.2) is 37.2 Å². The Morgan fingerprint density at radius 3 is 2.55 bits per heavy atom. The Hall–Kier alpha value is -1.22. The van der Waals surface area contributed by atoms with Crippen molar-refractivity contribution in [2.24, 2.45) is 0 Å². The first-order valence-corrected chi connectivity index (χ1v) is 7.71. The van der Waals surface area contributed by atoms with E-state index in [1.54, 1.807) is 7.11 Å². The van der Waals surface area contributed by atoms with Gasteiger partial charge in [-0.1, -0.05) is 6.07 Å². The quantitative estimate of drug-likeness (QED) is 0.857. The Morgan fingerprint density at radius 2 is 1.95 bits per heavy atom. The molecule has 3 nitrogen and oxygen atoms in total. The van der Waals surface area contributed by atoms with Crippen LogP contribution < -0.4 is 10.1 Å². The SMILES string of the molecule is COc1cccc2c1[C@H](CCN(C(C)C)C(C)C)CN2. The number of fused-ring (bicyclic) bond motifs is 1. The number of ether oxygens (including phenoxy) is 1. The minimum atomic E-state index is 0.557. The van der Waals surface area contributed by atoms with Crippen molar-refractivity contribution in [1.29, 1.82) is 0 Å². The van der Waals surface area contributed by atoms with Gasteiger partial charge >= 0.3 is 0 Å². The minimum Gasteiger partial charge on any atom is -0.496 e. The van der Waals surface area contributed by atoms with E-state index in [1.165, 1.54) is 17.7 Å². The Balaban J connectivity index is 2.07. The van der Waals surface area contributed by atoms with Gasteiger partial charge in [-0.15, -0.1) is 0 Å². The molecule has 1 atom stereocenters. The highest BCUT2D eigenvalue weighted by Crippen LogP contribution is 2.40. The summed E-state index contributed by atoms with van der Waals surface area (Å²) in [7, 11) is 1.76. The second-order valence-corrected chi connectivity index (χ2v) is 6.21.